The average molecular weight is 361 g/mol. The first kappa shape index (κ1) is 16.5. The van der Waals surface area contributed by atoms with Crippen molar-refractivity contribution in [2.24, 2.45) is 0 Å². The van der Waals surface area contributed by atoms with E-state index in [1.54, 1.807) is 18.5 Å². The summed E-state index contributed by atoms with van der Waals surface area (Å²) in [5.74, 6) is 0.668. The van der Waals surface area contributed by atoms with E-state index in [1.807, 2.05) is 36.4 Å². The number of hydrogen-bond acceptors (Lipinski definition) is 7. The van der Waals surface area contributed by atoms with Gasteiger partial charge >= 0.3 is 5.69 Å². The van der Waals surface area contributed by atoms with Gasteiger partial charge in [-0.25, -0.2) is 4.98 Å². The first-order chi connectivity index (χ1) is 13.2. The van der Waals surface area contributed by atoms with Gasteiger partial charge in [0.1, 0.15) is 5.82 Å². The van der Waals surface area contributed by atoms with Crippen LogP contribution in [0.1, 0.15) is 5.69 Å². The van der Waals surface area contributed by atoms with Crippen molar-refractivity contribution in [2.75, 3.05) is 10.6 Å². The molecule has 0 bridgehead atoms. The van der Waals surface area contributed by atoms with Crippen LogP contribution in [0.4, 0.5) is 23.0 Å². The molecule has 4 aromatic rings. The molecule has 0 unspecified atom stereocenters. The number of H-pyrrole nitrogens is 1. The topological polar surface area (TPSA) is 122 Å². The monoisotopic (exact) mass is 361 g/mol. The second kappa shape index (κ2) is 7.08. The number of nitrogens with zero attached hydrogens (tertiary/aromatic N) is 4. The predicted octanol–water partition coefficient (Wildman–Crippen LogP) is 3.62. The molecule has 27 heavy (non-hydrogen) atoms. The maximum Gasteiger partial charge on any atom is 0.311 e. The number of aromatic nitrogens is 4. The maximum atomic E-state index is 11.4. The van der Waals surface area contributed by atoms with Gasteiger partial charge in [0.2, 0.25) is 5.82 Å². The summed E-state index contributed by atoms with van der Waals surface area (Å²) in [5, 5.41) is 25.3. The number of anilines is 3. The van der Waals surface area contributed by atoms with Crippen molar-refractivity contribution in [1.82, 2.24) is 20.2 Å². The van der Waals surface area contributed by atoms with E-state index in [4.69, 9.17) is 0 Å². The highest BCUT2D eigenvalue weighted by Gasteiger charge is 2.16. The number of rotatable bonds is 6. The number of hydrogen-bond donors (Lipinski definition) is 3. The number of aromatic amines is 1. The Hall–Kier alpha value is -4.01. The molecule has 0 aliphatic carbocycles. The van der Waals surface area contributed by atoms with Gasteiger partial charge in [0.25, 0.3) is 0 Å². The number of nitro groups is 1. The Morgan fingerprint density at radius 1 is 1.15 bits per heavy atom. The van der Waals surface area contributed by atoms with Gasteiger partial charge in [-0.15, -0.1) is 0 Å². The van der Waals surface area contributed by atoms with Crippen LogP contribution in [0.3, 0.4) is 0 Å². The maximum absolute atomic E-state index is 11.4. The van der Waals surface area contributed by atoms with Crippen LogP contribution in [-0.2, 0) is 6.54 Å². The summed E-state index contributed by atoms with van der Waals surface area (Å²) >= 11 is 0. The number of fused-ring (bicyclic) bond motifs is 1. The molecule has 0 spiro atoms. The molecular weight excluding hydrogens is 346 g/mol. The summed E-state index contributed by atoms with van der Waals surface area (Å²) in [7, 11) is 0. The van der Waals surface area contributed by atoms with E-state index in [2.05, 4.69) is 30.8 Å². The van der Waals surface area contributed by atoms with Crippen molar-refractivity contribution in [3.8, 4) is 0 Å². The molecular formula is C18H15N7O2. The van der Waals surface area contributed by atoms with E-state index in [-0.39, 0.29) is 11.5 Å². The van der Waals surface area contributed by atoms with Gasteiger partial charge in [-0.05, 0) is 36.4 Å². The summed E-state index contributed by atoms with van der Waals surface area (Å²) < 4.78 is 0. The molecule has 134 valence electrons. The Kier molecular flexibility index (Phi) is 4.32. The molecule has 9 heteroatoms. The van der Waals surface area contributed by atoms with E-state index in [0.717, 1.165) is 16.6 Å². The Labute approximate surface area is 153 Å². The lowest BCUT2D eigenvalue weighted by atomic mass is 10.2. The smallest absolute Gasteiger partial charge is 0.311 e. The van der Waals surface area contributed by atoms with Crippen LogP contribution in [0.15, 0.2) is 60.9 Å². The summed E-state index contributed by atoms with van der Waals surface area (Å²) in [6, 6.07) is 14.1. The molecule has 3 heterocycles. The molecule has 0 saturated carbocycles. The highest BCUT2D eigenvalue weighted by atomic mass is 16.6. The molecule has 3 aromatic heterocycles. The quantitative estimate of drug-likeness (QED) is 0.354. The average Bonchev–Trinajstić information content (AvgIpc) is 3.15. The van der Waals surface area contributed by atoms with Crippen LogP contribution in [0, 0.1) is 10.1 Å². The molecule has 0 aliphatic heterocycles. The minimum Gasteiger partial charge on any atom is -0.364 e. The highest BCUT2D eigenvalue weighted by molar-refractivity contribution is 5.83. The van der Waals surface area contributed by atoms with E-state index >= 15 is 0 Å². The van der Waals surface area contributed by atoms with Crippen molar-refractivity contribution in [3.63, 3.8) is 0 Å². The summed E-state index contributed by atoms with van der Waals surface area (Å²) in [5.41, 5.74) is 2.23. The Morgan fingerprint density at radius 2 is 2.07 bits per heavy atom. The van der Waals surface area contributed by atoms with Crippen LogP contribution in [-0.4, -0.2) is 25.1 Å². The lowest BCUT2D eigenvalue weighted by Gasteiger charge is -2.10. The Balaban J connectivity index is 1.59. The Morgan fingerprint density at radius 3 is 2.89 bits per heavy atom. The largest absolute Gasteiger partial charge is 0.364 e. The number of pyridine rings is 2. The number of nitrogens with one attached hydrogen (secondary N) is 3. The van der Waals surface area contributed by atoms with E-state index in [1.165, 1.54) is 6.07 Å². The molecule has 0 atom stereocenters. The Bertz CT molecular complexity index is 1100. The second-order valence-electron chi connectivity index (χ2n) is 5.79. The van der Waals surface area contributed by atoms with Crippen LogP contribution < -0.4 is 10.6 Å². The van der Waals surface area contributed by atoms with Gasteiger partial charge in [0, 0.05) is 23.3 Å². The van der Waals surface area contributed by atoms with Crippen molar-refractivity contribution in [2.45, 2.75) is 6.54 Å². The summed E-state index contributed by atoms with van der Waals surface area (Å²) in [4.78, 5) is 19.5. The van der Waals surface area contributed by atoms with E-state index < -0.39 is 4.92 Å². The third-order valence-corrected chi connectivity index (χ3v) is 3.95. The standard InChI is InChI=1S/C18H15N7O2/c26-25(27)16-6-7-17(20-11-14-3-1-2-8-19-14)23-18(16)22-13-5-4-12-10-21-24-15(12)9-13/h1-10H,11H2,(H,21,24)(H2,20,22,23). The van der Waals surface area contributed by atoms with Crippen molar-refractivity contribution >= 4 is 33.9 Å². The molecule has 4 rings (SSSR count). The predicted molar refractivity (Wildman–Crippen MR) is 102 cm³/mol. The summed E-state index contributed by atoms with van der Waals surface area (Å²) in [6.07, 6.45) is 3.42. The number of benzene rings is 1. The van der Waals surface area contributed by atoms with Gasteiger partial charge in [0.05, 0.1) is 28.9 Å². The molecule has 0 fully saturated rings. The first-order valence-corrected chi connectivity index (χ1v) is 8.18. The SMILES string of the molecule is O=[N+]([O-])c1ccc(NCc2ccccn2)nc1Nc1ccc2cn[nH]c2c1. The second-order valence-corrected chi connectivity index (χ2v) is 5.79. The minimum atomic E-state index is -0.466. The lowest BCUT2D eigenvalue weighted by Crippen LogP contribution is -2.06. The first-order valence-electron chi connectivity index (χ1n) is 8.18. The van der Waals surface area contributed by atoms with Crippen LogP contribution in [0.5, 0.6) is 0 Å². The van der Waals surface area contributed by atoms with Crippen molar-refractivity contribution in [3.05, 3.63) is 76.7 Å². The van der Waals surface area contributed by atoms with Gasteiger partial charge < -0.3 is 10.6 Å². The van der Waals surface area contributed by atoms with Gasteiger partial charge in [-0.2, -0.15) is 5.10 Å². The minimum absolute atomic E-state index is 0.108. The van der Waals surface area contributed by atoms with Crippen LogP contribution in [0.2, 0.25) is 0 Å². The third-order valence-electron chi connectivity index (χ3n) is 3.95. The van der Waals surface area contributed by atoms with Crippen molar-refractivity contribution < 1.29 is 4.92 Å². The fourth-order valence-corrected chi connectivity index (χ4v) is 2.62. The fraction of sp³-hybridized carbons (Fsp3) is 0.0556. The van der Waals surface area contributed by atoms with Crippen LogP contribution >= 0.6 is 0 Å². The molecule has 0 radical (unpaired) electrons. The van der Waals surface area contributed by atoms with Gasteiger partial charge in [-0.3, -0.25) is 20.2 Å². The van der Waals surface area contributed by atoms with Crippen LogP contribution in [0.25, 0.3) is 10.9 Å². The molecule has 0 amide bonds. The van der Waals surface area contributed by atoms with E-state index in [9.17, 15) is 10.1 Å². The highest BCUT2D eigenvalue weighted by Crippen LogP contribution is 2.28. The fourth-order valence-electron chi connectivity index (χ4n) is 2.62. The van der Waals surface area contributed by atoms with Crippen molar-refractivity contribution in [1.29, 1.82) is 0 Å². The molecule has 9 nitrogen and oxygen atoms in total. The summed E-state index contributed by atoms with van der Waals surface area (Å²) in [6.45, 7) is 0.463. The molecule has 0 aliphatic rings. The zero-order chi connectivity index (χ0) is 18.6. The lowest BCUT2D eigenvalue weighted by molar-refractivity contribution is -0.384. The normalized spacial score (nSPS) is 10.7. The van der Waals surface area contributed by atoms with Gasteiger partial charge in [-0.1, -0.05) is 6.07 Å². The third kappa shape index (κ3) is 3.66. The zero-order valence-electron chi connectivity index (χ0n) is 14.1. The molecule has 3 N–H and O–H groups in total. The molecule has 1 aromatic carbocycles. The van der Waals surface area contributed by atoms with E-state index in [0.29, 0.717) is 18.1 Å². The molecule has 0 saturated heterocycles. The zero-order valence-corrected chi connectivity index (χ0v) is 14.1. The van der Waals surface area contributed by atoms with Gasteiger partial charge in [0.15, 0.2) is 0 Å².